The topological polar surface area (TPSA) is 86.2 Å². The van der Waals surface area contributed by atoms with Gasteiger partial charge in [-0.2, -0.15) is 0 Å². The lowest BCUT2D eigenvalue weighted by Gasteiger charge is -2.05. The quantitative estimate of drug-likeness (QED) is 0.518. The van der Waals surface area contributed by atoms with E-state index in [1.807, 2.05) is 0 Å². The molecule has 0 aromatic heterocycles. The second-order valence-corrected chi connectivity index (χ2v) is 6.46. The molecular formula is C13H11BrN2O3S. The van der Waals surface area contributed by atoms with Gasteiger partial charge in [-0.3, -0.25) is 14.3 Å². The largest absolute Gasteiger partial charge is 0.399 e. The van der Waals surface area contributed by atoms with E-state index < -0.39 is 15.7 Å². The van der Waals surface area contributed by atoms with E-state index in [1.54, 1.807) is 36.4 Å². The van der Waals surface area contributed by atoms with Crippen LogP contribution >= 0.6 is 15.9 Å². The molecule has 20 heavy (non-hydrogen) atoms. The van der Waals surface area contributed by atoms with Crippen LogP contribution in [0.2, 0.25) is 0 Å². The molecule has 1 unspecified atom stereocenters. The first kappa shape index (κ1) is 14.7. The van der Waals surface area contributed by atoms with Gasteiger partial charge in [0.25, 0.3) is 5.69 Å². The molecule has 0 bridgehead atoms. The number of nitrogen functional groups attached to an aromatic ring is 1. The van der Waals surface area contributed by atoms with Crippen molar-refractivity contribution in [3.05, 3.63) is 62.6 Å². The Bertz CT molecular complexity index is 691. The highest BCUT2D eigenvalue weighted by atomic mass is 79.9. The molecule has 0 radical (unpaired) electrons. The maximum absolute atomic E-state index is 12.2. The van der Waals surface area contributed by atoms with Gasteiger partial charge in [-0.1, -0.05) is 28.1 Å². The van der Waals surface area contributed by atoms with E-state index in [2.05, 4.69) is 15.9 Å². The van der Waals surface area contributed by atoms with Crippen molar-refractivity contribution < 1.29 is 9.13 Å². The zero-order chi connectivity index (χ0) is 14.7. The molecule has 104 valence electrons. The van der Waals surface area contributed by atoms with Crippen LogP contribution in [0.1, 0.15) is 5.56 Å². The number of hydrogen-bond donors (Lipinski definition) is 1. The molecule has 2 aromatic rings. The van der Waals surface area contributed by atoms with Crippen molar-refractivity contribution in [2.45, 2.75) is 10.6 Å². The average Bonchev–Trinajstić information content (AvgIpc) is 2.40. The number of nitrogens with zero attached hydrogens (tertiary/aromatic N) is 1. The van der Waals surface area contributed by atoms with Crippen molar-refractivity contribution in [2.24, 2.45) is 0 Å². The standard InChI is InChI=1S/C13H11BrN2O3S/c14-10-5-4-9(13(6-10)16(17)18)8-20(19)12-3-1-2-11(15)7-12/h1-7H,8,15H2. The summed E-state index contributed by atoms with van der Waals surface area (Å²) in [7, 11) is -1.38. The van der Waals surface area contributed by atoms with Crippen molar-refractivity contribution in [3.63, 3.8) is 0 Å². The van der Waals surface area contributed by atoms with E-state index in [4.69, 9.17) is 5.73 Å². The van der Waals surface area contributed by atoms with Crippen LogP contribution in [0.15, 0.2) is 51.8 Å². The van der Waals surface area contributed by atoms with Gasteiger partial charge >= 0.3 is 0 Å². The van der Waals surface area contributed by atoms with Crippen LogP contribution in [-0.2, 0) is 16.6 Å². The van der Waals surface area contributed by atoms with E-state index in [0.717, 1.165) is 0 Å². The van der Waals surface area contributed by atoms with Crippen molar-refractivity contribution in [3.8, 4) is 0 Å². The molecule has 0 saturated carbocycles. The second-order valence-electron chi connectivity index (χ2n) is 4.09. The molecule has 0 spiro atoms. The highest BCUT2D eigenvalue weighted by Crippen LogP contribution is 2.26. The Labute approximate surface area is 126 Å². The Balaban J connectivity index is 2.30. The number of nitro groups is 1. The number of anilines is 1. The molecule has 0 aliphatic heterocycles. The Morgan fingerprint density at radius 1 is 1.25 bits per heavy atom. The fraction of sp³-hybridized carbons (Fsp3) is 0.0769. The minimum absolute atomic E-state index is 0.0448. The molecule has 0 aliphatic rings. The molecule has 2 aromatic carbocycles. The van der Waals surface area contributed by atoms with Crippen LogP contribution in [0, 0.1) is 10.1 Å². The maximum Gasteiger partial charge on any atom is 0.274 e. The summed E-state index contributed by atoms with van der Waals surface area (Å²) in [6.45, 7) is 0. The minimum atomic E-state index is -1.38. The highest BCUT2D eigenvalue weighted by molar-refractivity contribution is 9.10. The summed E-state index contributed by atoms with van der Waals surface area (Å²) in [5, 5.41) is 11.0. The smallest absolute Gasteiger partial charge is 0.274 e. The van der Waals surface area contributed by atoms with Gasteiger partial charge in [0.05, 0.1) is 21.5 Å². The van der Waals surface area contributed by atoms with Crippen molar-refractivity contribution in [2.75, 3.05) is 5.73 Å². The summed E-state index contributed by atoms with van der Waals surface area (Å²) in [5.41, 5.74) is 6.54. The van der Waals surface area contributed by atoms with E-state index in [9.17, 15) is 14.3 Å². The van der Waals surface area contributed by atoms with Gasteiger partial charge in [0.15, 0.2) is 0 Å². The molecular weight excluding hydrogens is 344 g/mol. The zero-order valence-electron chi connectivity index (χ0n) is 10.3. The Hall–Kier alpha value is -1.73. The normalized spacial score (nSPS) is 12.1. The van der Waals surface area contributed by atoms with E-state index >= 15 is 0 Å². The number of nitro benzene ring substituents is 1. The number of rotatable bonds is 4. The van der Waals surface area contributed by atoms with Crippen molar-refractivity contribution in [1.82, 2.24) is 0 Å². The Morgan fingerprint density at radius 2 is 2.00 bits per heavy atom. The lowest BCUT2D eigenvalue weighted by molar-refractivity contribution is -0.385. The van der Waals surface area contributed by atoms with Gasteiger partial charge in [-0.15, -0.1) is 0 Å². The molecule has 0 heterocycles. The first-order valence-corrected chi connectivity index (χ1v) is 7.75. The summed E-state index contributed by atoms with van der Waals surface area (Å²) in [4.78, 5) is 11.1. The molecule has 0 amide bonds. The fourth-order valence-corrected chi connectivity index (χ4v) is 3.25. The third-order valence-electron chi connectivity index (χ3n) is 2.65. The van der Waals surface area contributed by atoms with E-state index in [0.29, 0.717) is 20.6 Å². The molecule has 2 rings (SSSR count). The maximum atomic E-state index is 12.2. The minimum Gasteiger partial charge on any atom is -0.399 e. The van der Waals surface area contributed by atoms with Crippen LogP contribution in [-0.4, -0.2) is 9.13 Å². The first-order valence-electron chi connectivity index (χ1n) is 5.64. The molecule has 2 N–H and O–H groups in total. The highest BCUT2D eigenvalue weighted by Gasteiger charge is 2.17. The van der Waals surface area contributed by atoms with Crippen LogP contribution in [0.3, 0.4) is 0 Å². The zero-order valence-corrected chi connectivity index (χ0v) is 12.7. The summed E-state index contributed by atoms with van der Waals surface area (Å²) >= 11 is 3.19. The molecule has 0 saturated heterocycles. The van der Waals surface area contributed by atoms with Gasteiger partial charge in [-0.05, 0) is 24.3 Å². The summed E-state index contributed by atoms with van der Waals surface area (Å²) in [6.07, 6.45) is 0. The van der Waals surface area contributed by atoms with Gasteiger partial charge in [0.1, 0.15) is 0 Å². The number of hydrogen-bond acceptors (Lipinski definition) is 4. The van der Waals surface area contributed by atoms with Crippen molar-refractivity contribution >= 4 is 38.1 Å². The van der Waals surface area contributed by atoms with Gasteiger partial charge in [-0.25, -0.2) is 0 Å². The third-order valence-corrected chi connectivity index (χ3v) is 4.50. The van der Waals surface area contributed by atoms with Gasteiger partial charge in [0.2, 0.25) is 0 Å². The predicted octanol–water partition coefficient (Wildman–Crippen LogP) is 3.25. The van der Waals surface area contributed by atoms with Gasteiger partial charge < -0.3 is 5.73 Å². The number of benzene rings is 2. The first-order chi connectivity index (χ1) is 9.47. The van der Waals surface area contributed by atoms with Crippen LogP contribution in [0.4, 0.5) is 11.4 Å². The summed E-state index contributed by atoms with van der Waals surface area (Å²) < 4.78 is 12.9. The van der Waals surface area contributed by atoms with Crippen LogP contribution < -0.4 is 5.73 Å². The average molecular weight is 355 g/mol. The monoisotopic (exact) mass is 354 g/mol. The lowest BCUT2D eigenvalue weighted by Crippen LogP contribution is -2.01. The lowest BCUT2D eigenvalue weighted by atomic mass is 10.2. The number of nitrogens with two attached hydrogens (primary N) is 1. The summed E-state index contributed by atoms with van der Waals surface area (Å²) in [5.74, 6) is 0.0764. The summed E-state index contributed by atoms with van der Waals surface area (Å²) in [6, 6.07) is 11.4. The van der Waals surface area contributed by atoms with E-state index in [-0.39, 0.29) is 11.4 Å². The molecule has 1 atom stereocenters. The molecule has 7 heteroatoms. The molecule has 5 nitrogen and oxygen atoms in total. The fourth-order valence-electron chi connectivity index (χ4n) is 1.71. The Morgan fingerprint density at radius 3 is 2.65 bits per heavy atom. The van der Waals surface area contributed by atoms with Crippen LogP contribution in [0.5, 0.6) is 0 Å². The van der Waals surface area contributed by atoms with Gasteiger partial charge in [0, 0.05) is 26.7 Å². The van der Waals surface area contributed by atoms with Crippen molar-refractivity contribution in [1.29, 1.82) is 0 Å². The van der Waals surface area contributed by atoms with Crippen LogP contribution in [0.25, 0.3) is 0 Å². The Kier molecular flexibility index (Phi) is 4.51. The SMILES string of the molecule is Nc1cccc(S(=O)Cc2ccc(Br)cc2[N+](=O)[O-])c1. The molecule has 0 aliphatic carbocycles. The second kappa shape index (κ2) is 6.15. The third kappa shape index (κ3) is 3.43. The van der Waals surface area contributed by atoms with E-state index in [1.165, 1.54) is 6.07 Å². The predicted molar refractivity (Wildman–Crippen MR) is 81.8 cm³/mol. The number of halogens is 1. The molecule has 0 fully saturated rings.